The van der Waals surface area contributed by atoms with Crippen LogP contribution in [0.4, 0.5) is 5.69 Å². The van der Waals surface area contributed by atoms with Crippen LogP contribution >= 0.6 is 0 Å². The van der Waals surface area contributed by atoms with Gasteiger partial charge in [0.2, 0.25) is 0 Å². The van der Waals surface area contributed by atoms with Crippen molar-refractivity contribution in [1.82, 2.24) is 5.32 Å². The quantitative estimate of drug-likeness (QED) is 0.739. The average Bonchev–Trinajstić information content (AvgIpc) is 2.67. The van der Waals surface area contributed by atoms with Crippen molar-refractivity contribution in [3.05, 3.63) is 71.3 Å². The van der Waals surface area contributed by atoms with Gasteiger partial charge in [-0.1, -0.05) is 35.4 Å². The lowest BCUT2D eigenvalue weighted by Crippen LogP contribution is -2.26. The van der Waals surface area contributed by atoms with Gasteiger partial charge in [0.15, 0.2) is 0 Å². The molecule has 6 heteroatoms. The molecule has 5 nitrogen and oxygen atoms in total. The van der Waals surface area contributed by atoms with Gasteiger partial charge in [-0.2, -0.15) is 0 Å². The van der Waals surface area contributed by atoms with Gasteiger partial charge in [0.05, 0.1) is 4.90 Å². The number of aryl methyl sites for hydroxylation is 1. The van der Waals surface area contributed by atoms with Crippen LogP contribution in [0.1, 0.15) is 41.6 Å². The van der Waals surface area contributed by atoms with Gasteiger partial charge in [0.1, 0.15) is 0 Å². The summed E-state index contributed by atoms with van der Waals surface area (Å²) in [5, 5.41) is 2.91. The third kappa shape index (κ3) is 5.20. The second-order valence-electron chi connectivity index (χ2n) is 6.79. The molecule has 27 heavy (non-hydrogen) atoms. The normalized spacial score (nSPS) is 14.3. The molecule has 0 unspecified atom stereocenters. The summed E-state index contributed by atoms with van der Waals surface area (Å²) in [6, 6.07) is 13.1. The fourth-order valence-electron chi connectivity index (χ4n) is 3.02. The molecule has 2 N–H and O–H groups in total. The lowest BCUT2D eigenvalue weighted by atomic mass is 9.99. The fourth-order valence-corrected chi connectivity index (χ4v) is 4.07. The monoisotopic (exact) mass is 384 g/mol. The van der Waals surface area contributed by atoms with Crippen LogP contribution in [-0.4, -0.2) is 20.9 Å². The summed E-state index contributed by atoms with van der Waals surface area (Å²) in [7, 11) is -3.69. The van der Waals surface area contributed by atoms with Crippen molar-refractivity contribution in [2.75, 3.05) is 11.3 Å². The molecule has 142 valence electrons. The third-order valence-corrected chi connectivity index (χ3v) is 5.97. The minimum atomic E-state index is -3.69. The van der Waals surface area contributed by atoms with E-state index in [1.165, 1.54) is 12.0 Å². The number of nitrogens with one attached hydrogen (secondary N) is 2. The van der Waals surface area contributed by atoms with E-state index in [9.17, 15) is 13.2 Å². The van der Waals surface area contributed by atoms with Crippen molar-refractivity contribution in [2.24, 2.45) is 0 Å². The maximum Gasteiger partial charge on any atom is 0.261 e. The van der Waals surface area contributed by atoms with Crippen molar-refractivity contribution in [2.45, 2.75) is 37.5 Å². The lowest BCUT2D eigenvalue weighted by Gasteiger charge is -2.14. The van der Waals surface area contributed by atoms with Gasteiger partial charge in [-0.3, -0.25) is 9.52 Å². The van der Waals surface area contributed by atoms with Crippen LogP contribution in [0.5, 0.6) is 0 Å². The molecule has 0 heterocycles. The van der Waals surface area contributed by atoms with Crippen molar-refractivity contribution in [3.8, 4) is 0 Å². The highest BCUT2D eigenvalue weighted by molar-refractivity contribution is 7.92. The summed E-state index contributed by atoms with van der Waals surface area (Å²) >= 11 is 0. The van der Waals surface area contributed by atoms with Crippen LogP contribution in [0.15, 0.2) is 65.1 Å². The van der Waals surface area contributed by atoms with Crippen molar-refractivity contribution < 1.29 is 13.2 Å². The van der Waals surface area contributed by atoms with E-state index >= 15 is 0 Å². The van der Waals surface area contributed by atoms with Crippen LogP contribution in [0, 0.1) is 6.92 Å². The second-order valence-corrected chi connectivity index (χ2v) is 8.47. The van der Waals surface area contributed by atoms with E-state index in [4.69, 9.17) is 0 Å². The largest absolute Gasteiger partial charge is 0.348 e. The van der Waals surface area contributed by atoms with Crippen LogP contribution < -0.4 is 10.0 Å². The summed E-state index contributed by atoms with van der Waals surface area (Å²) in [5.41, 5.74) is 3.03. The molecule has 0 aliphatic heterocycles. The Morgan fingerprint density at radius 3 is 2.56 bits per heavy atom. The Hall–Kier alpha value is -2.60. The van der Waals surface area contributed by atoms with Crippen LogP contribution in [0.2, 0.25) is 0 Å². The van der Waals surface area contributed by atoms with Gasteiger partial charge in [-0.05, 0) is 62.9 Å². The molecule has 0 spiro atoms. The van der Waals surface area contributed by atoms with E-state index < -0.39 is 10.0 Å². The van der Waals surface area contributed by atoms with Gasteiger partial charge >= 0.3 is 0 Å². The van der Waals surface area contributed by atoms with Crippen molar-refractivity contribution >= 4 is 21.6 Å². The Labute approximate surface area is 160 Å². The van der Waals surface area contributed by atoms with Gasteiger partial charge in [0, 0.05) is 17.8 Å². The molecule has 0 aromatic heterocycles. The van der Waals surface area contributed by atoms with Crippen molar-refractivity contribution in [1.29, 1.82) is 0 Å². The average molecular weight is 385 g/mol. The van der Waals surface area contributed by atoms with Crippen LogP contribution in [-0.2, 0) is 10.0 Å². The highest BCUT2D eigenvalue weighted by Gasteiger charge is 2.15. The number of sulfonamides is 1. The number of rotatable bonds is 6. The van der Waals surface area contributed by atoms with E-state index in [0.29, 0.717) is 17.8 Å². The summed E-state index contributed by atoms with van der Waals surface area (Å²) in [4.78, 5) is 12.6. The van der Waals surface area contributed by atoms with E-state index in [-0.39, 0.29) is 10.8 Å². The summed E-state index contributed by atoms with van der Waals surface area (Å²) < 4.78 is 27.5. The lowest BCUT2D eigenvalue weighted by molar-refractivity contribution is 0.0956. The second kappa shape index (κ2) is 8.39. The molecule has 0 bridgehead atoms. The minimum Gasteiger partial charge on any atom is -0.348 e. The number of allylic oxidation sites excluding steroid dienone is 1. The number of amides is 1. The first-order valence-electron chi connectivity index (χ1n) is 9.10. The highest BCUT2D eigenvalue weighted by atomic mass is 32.2. The molecule has 2 aromatic rings. The Morgan fingerprint density at radius 2 is 1.85 bits per heavy atom. The zero-order valence-corrected chi connectivity index (χ0v) is 16.2. The van der Waals surface area contributed by atoms with Gasteiger partial charge in [-0.25, -0.2) is 8.42 Å². The smallest absolute Gasteiger partial charge is 0.261 e. The van der Waals surface area contributed by atoms with Crippen LogP contribution in [0.25, 0.3) is 0 Å². The molecule has 0 saturated heterocycles. The first-order valence-corrected chi connectivity index (χ1v) is 10.6. The van der Waals surface area contributed by atoms with E-state index in [1.807, 2.05) is 6.92 Å². The molecule has 0 atom stereocenters. The topological polar surface area (TPSA) is 75.3 Å². The zero-order valence-electron chi connectivity index (χ0n) is 15.4. The molecule has 1 aliphatic rings. The predicted molar refractivity (Wildman–Crippen MR) is 107 cm³/mol. The number of hydrogen-bond acceptors (Lipinski definition) is 3. The SMILES string of the molecule is Cc1ccc(S(=O)(=O)Nc2cccc(C(=O)NCC3=CCCCC3)c2)cc1. The highest BCUT2D eigenvalue weighted by Crippen LogP contribution is 2.19. The maximum absolute atomic E-state index is 12.5. The third-order valence-electron chi connectivity index (χ3n) is 4.57. The van der Waals surface area contributed by atoms with Crippen LogP contribution in [0.3, 0.4) is 0 Å². The van der Waals surface area contributed by atoms with Gasteiger partial charge in [0.25, 0.3) is 15.9 Å². The molecule has 3 rings (SSSR count). The number of hydrogen-bond donors (Lipinski definition) is 2. The summed E-state index contributed by atoms with van der Waals surface area (Å²) in [6.45, 7) is 2.44. The summed E-state index contributed by atoms with van der Waals surface area (Å²) in [6.07, 6.45) is 6.66. The molecular weight excluding hydrogens is 360 g/mol. The molecule has 1 amide bonds. The van der Waals surface area contributed by atoms with E-state index in [1.54, 1.807) is 48.5 Å². The summed E-state index contributed by atoms with van der Waals surface area (Å²) in [5.74, 6) is -0.210. The van der Waals surface area contributed by atoms with Gasteiger partial charge < -0.3 is 5.32 Å². The molecule has 0 fully saturated rings. The number of carbonyl (C=O) groups excluding carboxylic acids is 1. The van der Waals surface area contributed by atoms with Crippen molar-refractivity contribution in [3.63, 3.8) is 0 Å². The molecule has 1 aliphatic carbocycles. The fraction of sp³-hybridized carbons (Fsp3) is 0.286. The minimum absolute atomic E-state index is 0.187. The Balaban J connectivity index is 1.68. The van der Waals surface area contributed by atoms with E-state index in [2.05, 4.69) is 16.1 Å². The maximum atomic E-state index is 12.5. The Kier molecular flexibility index (Phi) is 5.96. The zero-order chi connectivity index (χ0) is 19.3. The number of benzene rings is 2. The molecule has 0 radical (unpaired) electrons. The predicted octanol–water partition coefficient (Wildman–Crippen LogP) is 4.03. The number of anilines is 1. The molecule has 0 saturated carbocycles. The molecular formula is C21H24N2O3S. The van der Waals surface area contributed by atoms with Gasteiger partial charge in [-0.15, -0.1) is 0 Å². The van der Waals surface area contributed by atoms with E-state index in [0.717, 1.165) is 24.8 Å². The first kappa shape index (κ1) is 19.2. The number of carbonyl (C=O) groups is 1. The standard InChI is InChI=1S/C21H24N2O3S/c1-16-10-12-20(13-11-16)27(25,26)23-19-9-5-8-18(14-19)21(24)22-15-17-6-3-2-4-7-17/h5-6,8-14,23H,2-4,7,15H2,1H3,(H,22,24). The first-order chi connectivity index (χ1) is 12.9. The Morgan fingerprint density at radius 1 is 1.07 bits per heavy atom. The Bertz CT molecular complexity index is 948. The molecule has 2 aromatic carbocycles.